The van der Waals surface area contributed by atoms with Crippen LogP contribution in [0.5, 0.6) is 0 Å². The Labute approximate surface area is 121 Å². The van der Waals surface area contributed by atoms with Crippen molar-refractivity contribution in [3.63, 3.8) is 0 Å². The fourth-order valence-corrected chi connectivity index (χ4v) is 2.97. The van der Waals surface area contributed by atoms with Crippen LogP contribution in [-0.4, -0.2) is 18.0 Å². The van der Waals surface area contributed by atoms with Gasteiger partial charge in [0.2, 0.25) is 0 Å². The average molecular weight is 300 g/mol. The lowest BCUT2D eigenvalue weighted by Crippen LogP contribution is -2.00. The first-order valence-electron chi connectivity index (χ1n) is 6.16. The van der Waals surface area contributed by atoms with Gasteiger partial charge in [0.15, 0.2) is 0 Å². The number of nitrogens with zero attached hydrogens (tertiary/aromatic N) is 1. The standard InChI is InChI=1S/C15H12N2O3S/c16-13-3-1-10(2-4-13)11-7-12-9-17-6-5-14(12)15(8-11)21(18,19)20/h1-9H,16H2,(H,18,19,20). The molecule has 0 bridgehead atoms. The van der Waals surface area contributed by atoms with Gasteiger partial charge in [-0.25, -0.2) is 0 Å². The summed E-state index contributed by atoms with van der Waals surface area (Å²) in [4.78, 5) is 3.86. The molecule has 0 fully saturated rings. The first-order valence-corrected chi connectivity index (χ1v) is 7.60. The summed E-state index contributed by atoms with van der Waals surface area (Å²) in [5.74, 6) is 0. The van der Waals surface area contributed by atoms with Crippen LogP contribution in [0.4, 0.5) is 5.69 Å². The largest absolute Gasteiger partial charge is 0.399 e. The monoisotopic (exact) mass is 300 g/mol. The molecule has 21 heavy (non-hydrogen) atoms. The fraction of sp³-hybridized carbons (Fsp3) is 0. The van der Waals surface area contributed by atoms with Gasteiger partial charge in [0.1, 0.15) is 4.90 Å². The first-order chi connectivity index (χ1) is 9.95. The highest BCUT2D eigenvalue weighted by atomic mass is 32.2. The molecule has 0 amide bonds. The van der Waals surface area contributed by atoms with E-state index in [1.807, 2.05) is 6.07 Å². The molecule has 2 aromatic carbocycles. The molecule has 106 valence electrons. The smallest absolute Gasteiger partial charge is 0.295 e. The van der Waals surface area contributed by atoms with Gasteiger partial charge in [-0.2, -0.15) is 8.42 Å². The Kier molecular flexibility index (Phi) is 3.12. The van der Waals surface area contributed by atoms with Crippen molar-refractivity contribution < 1.29 is 13.0 Å². The van der Waals surface area contributed by atoms with Gasteiger partial charge in [0.25, 0.3) is 10.1 Å². The first kappa shape index (κ1) is 13.5. The third-order valence-electron chi connectivity index (χ3n) is 3.24. The van der Waals surface area contributed by atoms with Gasteiger partial charge in [-0.05, 0) is 41.5 Å². The van der Waals surface area contributed by atoms with E-state index in [-0.39, 0.29) is 4.90 Å². The third-order valence-corrected chi connectivity index (χ3v) is 4.13. The number of rotatable bonds is 2. The van der Waals surface area contributed by atoms with Gasteiger partial charge in [-0.3, -0.25) is 9.54 Å². The van der Waals surface area contributed by atoms with Crippen molar-refractivity contribution >= 4 is 26.6 Å². The van der Waals surface area contributed by atoms with Crippen LogP contribution in [-0.2, 0) is 10.1 Å². The van der Waals surface area contributed by atoms with Crippen molar-refractivity contribution in [1.82, 2.24) is 4.98 Å². The molecule has 0 radical (unpaired) electrons. The van der Waals surface area contributed by atoms with Crippen molar-refractivity contribution in [1.29, 1.82) is 0 Å². The van der Waals surface area contributed by atoms with E-state index < -0.39 is 10.1 Å². The van der Waals surface area contributed by atoms with Crippen LogP contribution in [0, 0.1) is 0 Å². The van der Waals surface area contributed by atoms with Crippen LogP contribution in [0.25, 0.3) is 21.9 Å². The molecule has 0 spiro atoms. The zero-order valence-corrected chi connectivity index (χ0v) is 11.7. The summed E-state index contributed by atoms with van der Waals surface area (Å²) in [6.45, 7) is 0. The lowest BCUT2D eigenvalue weighted by Gasteiger charge is -2.08. The second-order valence-corrected chi connectivity index (χ2v) is 6.06. The number of benzene rings is 2. The highest BCUT2D eigenvalue weighted by Crippen LogP contribution is 2.30. The van der Waals surface area contributed by atoms with E-state index in [1.165, 1.54) is 12.3 Å². The molecule has 3 N–H and O–H groups in total. The molecule has 1 aromatic heterocycles. The van der Waals surface area contributed by atoms with Crippen molar-refractivity contribution in [2.24, 2.45) is 0 Å². The summed E-state index contributed by atoms with van der Waals surface area (Å²) in [6, 6.07) is 11.9. The van der Waals surface area contributed by atoms with Crippen LogP contribution < -0.4 is 5.73 Å². The van der Waals surface area contributed by atoms with E-state index in [1.54, 1.807) is 36.5 Å². The zero-order chi connectivity index (χ0) is 15.0. The molecule has 0 saturated heterocycles. The predicted molar refractivity (Wildman–Crippen MR) is 81.4 cm³/mol. The normalized spacial score (nSPS) is 11.7. The molecule has 5 nitrogen and oxygen atoms in total. The van der Waals surface area contributed by atoms with Crippen LogP contribution in [0.2, 0.25) is 0 Å². The maximum Gasteiger partial charge on any atom is 0.295 e. The zero-order valence-electron chi connectivity index (χ0n) is 10.9. The lowest BCUT2D eigenvalue weighted by molar-refractivity contribution is 0.484. The quantitative estimate of drug-likeness (QED) is 0.560. The van der Waals surface area contributed by atoms with Crippen molar-refractivity contribution in [2.75, 3.05) is 5.73 Å². The summed E-state index contributed by atoms with van der Waals surface area (Å²) in [6.07, 6.45) is 3.05. The predicted octanol–water partition coefficient (Wildman–Crippen LogP) is 2.73. The number of nitrogen functional groups attached to an aromatic ring is 1. The van der Waals surface area contributed by atoms with Crippen LogP contribution >= 0.6 is 0 Å². The molecule has 0 atom stereocenters. The summed E-state index contributed by atoms with van der Waals surface area (Å²) < 4.78 is 32.6. The number of anilines is 1. The van der Waals surface area contributed by atoms with E-state index in [0.29, 0.717) is 22.0 Å². The van der Waals surface area contributed by atoms with Gasteiger partial charge < -0.3 is 5.73 Å². The van der Waals surface area contributed by atoms with Crippen molar-refractivity contribution in [3.8, 4) is 11.1 Å². The highest BCUT2D eigenvalue weighted by Gasteiger charge is 2.16. The minimum Gasteiger partial charge on any atom is -0.399 e. The number of hydrogen-bond donors (Lipinski definition) is 2. The van der Waals surface area contributed by atoms with Crippen molar-refractivity contribution in [3.05, 3.63) is 54.9 Å². The molecule has 0 saturated carbocycles. The van der Waals surface area contributed by atoms with Crippen molar-refractivity contribution in [2.45, 2.75) is 4.90 Å². The number of fused-ring (bicyclic) bond motifs is 1. The van der Waals surface area contributed by atoms with E-state index in [9.17, 15) is 13.0 Å². The fourth-order valence-electron chi connectivity index (χ4n) is 2.23. The average Bonchev–Trinajstić information content (AvgIpc) is 2.46. The topological polar surface area (TPSA) is 93.3 Å². The molecule has 3 aromatic rings. The molecule has 3 rings (SSSR count). The molecule has 6 heteroatoms. The number of hydrogen-bond acceptors (Lipinski definition) is 4. The Morgan fingerprint density at radius 1 is 1.00 bits per heavy atom. The van der Waals surface area contributed by atoms with Crippen LogP contribution in [0.1, 0.15) is 0 Å². The van der Waals surface area contributed by atoms with Gasteiger partial charge in [-0.15, -0.1) is 0 Å². The molecular weight excluding hydrogens is 288 g/mol. The molecule has 0 unspecified atom stereocenters. The van der Waals surface area contributed by atoms with E-state index in [2.05, 4.69) is 4.98 Å². The summed E-state index contributed by atoms with van der Waals surface area (Å²) in [7, 11) is -4.32. The summed E-state index contributed by atoms with van der Waals surface area (Å²) in [5.41, 5.74) is 7.75. The Hall–Kier alpha value is -2.44. The molecule has 0 aliphatic heterocycles. The number of aromatic nitrogens is 1. The third kappa shape index (κ3) is 2.58. The Morgan fingerprint density at radius 3 is 2.38 bits per heavy atom. The molecular formula is C15H12N2O3S. The maximum atomic E-state index is 11.6. The van der Waals surface area contributed by atoms with E-state index >= 15 is 0 Å². The Bertz CT molecular complexity index is 919. The van der Waals surface area contributed by atoms with Gasteiger partial charge in [-0.1, -0.05) is 12.1 Å². The summed E-state index contributed by atoms with van der Waals surface area (Å²) in [5, 5.41) is 1.08. The number of pyridine rings is 1. The number of nitrogens with two attached hydrogens (primary N) is 1. The minimum absolute atomic E-state index is 0.130. The highest BCUT2D eigenvalue weighted by molar-refractivity contribution is 7.86. The Morgan fingerprint density at radius 2 is 1.71 bits per heavy atom. The van der Waals surface area contributed by atoms with Crippen LogP contribution in [0.3, 0.4) is 0 Å². The molecule has 1 heterocycles. The molecule has 0 aliphatic rings. The lowest BCUT2D eigenvalue weighted by atomic mass is 10.0. The second-order valence-electron chi connectivity index (χ2n) is 4.67. The SMILES string of the molecule is Nc1ccc(-c2cc(S(=O)(=O)O)c3ccncc3c2)cc1. The van der Waals surface area contributed by atoms with E-state index in [0.717, 1.165) is 5.56 Å². The second kappa shape index (κ2) is 4.83. The maximum absolute atomic E-state index is 11.6. The summed E-state index contributed by atoms with van der Waals surface area (Å²) >= 11 is 0. The van der Waals surface area contributed by atoms with Gasteiger partial charge in [0.05, 0.1) is 0 Å². The molecule has 0 aliphatic carbocycles. The van der Waals surface area contributed by atoms with Gasteiger partial charge >= 0.3 is 0 Å². The van der Waals surface area contributed by atoms with E-state index in [4.69, 9.17) is 5.73 Å². The minimum atomic E-state index is -4.32. The Balaban J connectivity index is 2.33. The van der Waals surface area contributed by atoms with Gasteiger partial charge in [0, 0.05) is 28.9 Å². The van der Waals surface area contributed by atoms with Crippen LogP contribution in [0.15, 0.2) is 59.8 Å².